The van der Waals surface area contributed by atoms with Gasteiger partial charge in [-0.2, -0.15) is 0 Å². The minimum absolute atomic E-state index is 0.172. The van der Waals surface area contributed by atoms with Crippen LogP contribution in [0.1, 0.15) is 44.2 Å². The van der Waals surface area contributed by atoms with Crippen molar-refractivity contribution in [3.05, 3.63) is 65.7 Å². The van der Waals surface area contributed by atoms with Gasteiger partial charge in [-0.1, -0.05) is 49.4 Å². The number of pyridine rings is 1. The predicted octanol–water partition coefficient (Wildman–Crippen LogP) is 6.14. The van der Waals surface area contributed by atoms with Crippen LogP contribution in [0.2, 0.25) is 0 Å². The molecule has 0 amide bonds. The molecule has 2 aromatic carbocycles. The summed E-state index contributed by atoms with van der Waals surface area (Å²) < 4.78 is 11.5. The summed E-state index contributed by atoms with van der Waals surface area (Å²) >= 11 is 0. The lowest BCUT2D eigenvalue weighted by Gasteiger charge is -2.21. The second-order valence-corrected chi connectivity index (χ2v) is 7.76. The Labute approximate surface area is 168 Å². The molecule has 0 spiro atoms. The zero-order valence-electron chi connectivity index (χ0n) is 17.6. The van der Waals surface area contributed by atoms with E-state index in [-0.39, 0.29) is 18.1 Å². The summed E-state index contributed by atoms with van der Waals surface area (Å²) in [6.07, 6.45) is 1.28. The molecule has 3 nitrogen and oxygen atoms in total. The molecule has 28 heavy (non-hydrogen) atoms. The molecule has 0 bridgehead atoms. The van der Waals surface area contributed by atoms with Crippen molar-refractivity contribution in [1.82, 2.24) is 4.98 Å². The van der Waals surface area contributed by atoms with Crippen molar-refractivity contribution in [1.29, 1.82) is 0 Å². The molecule has 3 aromatic rings. The van der Waals surface area contributed by atoms with Crippen LogP contribution >= 0.6 is 0 Å². The van der Waals surface area contributed by atoms with Gasteiger partial charge in [-0.05, 0) is 50.5 Å². The van der Waals surface area contributed by atoms with Gasteiger partial charge < -0.3 is 9.47 Å². The first-order valence-electron chi connectivity index (χ1n) is 10.1. The van der Waals surface area contributed by atoms with Gasteiger partial charge in [0.15, 0.2) is 0 Å². The van der Waals surface area contributed by atoms with E-state index in [1.165, 1.54) is 22.1 Å². The molecular weight excluding hydrogens is 346 g/mol. The number of fused-ring (bicyclic) bond motifs is 1. The number of aryl methyl sites for hydroxylation is 1. The minimum atomic E-state index is 0.172. The molecule has 1 aromatic heterocycles. The first-order valence-corrected chi connectivity index (χ1v) is 10.1. The van der Waals surface area contributed by atoms with Gasteiger partial charge in [0.25, 0.3) is 0 Å². The van der Waals surface area contributed by atoms with Crippen LogP contribution < -0.4 is 0 Å². The molecular formula is C25H31NO2. The molecule has 1 heterocycles. The Morgan fingerprint density at radius 3 is 2.43 bits per heavy atom. The fraction of sp³-hybridized carbons (Fsp3) is 0.400. The lowest BCUT2D eigenvalue weighted by molar-refractivity contribution is 0.0101. The minimum Gasteiger partial charge on any atom is -0.382 e. The monoisotopic (exact) mass is 377 g/mol. The molecule has 0 aliphatic heterocycles. The van der Waals surface area contributed by atoms with E-state index in [1.54, 1.807) is 7.11 Å². The number of aromatic nitrogens is 1. The molecule has 0 aliphatic rings. The van der Waals surface area contributed by atoms with Gasteiger partial charge in [0.1, 0.15) is 0 Å². The first kappa shape index (κ1) is 20.5. The third kappa shape index (κ3) is 4.78. The summed E-state index contributed by atoms with van der Waals surface area (Å²) in [6, 6.07) is 19.1. The van der Waals surface area contributed by atoms with E-state index >= 15 is 0 Å². The van der Waals surface area contributed by atoms with E-state index in [9.17, 15) is 0 Å². The van der Waals surface area contributed by atoms with Crippen LogP contribution in [-0.2, 0) is 9.47 Å². The van der Waals surface area contributed by atoms with Gasteiger partial charge >= 0.3 is 0 Å². The van der Waals surface area contributed by atoms with E-state index < -0.39 is 0 Å². The van der Waals surface area contributed by atoms with Crippen molar-refractivity contribution in [2.24, 2.45) is 0 Å². The molecule has 3 rings (SSSR count). The summed E-state index contributed by atoms with van der Waals surface area (Å²) in [6.45, 7) is 9.25. The molecule has 148 valence electrons. The zero-order valence-corrected chi connectivity index (χ0v) is 17.6. The average Bonchev–Trinajstić information content (AvgIpc) is 2.72. The van der Waals surface area contributed by atoms with Gasteiger partial charge in [-0.25, -0.2) is 4.98 Å². The number of hydrogen-bond acceptors (Lipinski definition) is 3. The van der Waals surface area contributed by atoms with Crippen LogP contribution in [0, 0.1) is 6.92 Å². The highest BCUT2D eigenvalue weighted by atomic mass is 16.5. The highest BCUT2D eigenvalue weighted by Gasteiger charge is 2.16. The molecule has 3 atom stereocenters. The molecule has 3 unspecified atom stereocenters. The fourth-order valence-corrected chi connectivity index (χ4v) is 3.68. The van der Waals surface area contributed by atoms with Crippen molar-refractivity contribution in [3.8, 4) is 11.3 Å². The molecule has 0 saturated heterocycles. The normalized spacial score (nSPS) is 14.8. The summed E-state index contributed by atoms with van der Waals surface area (Å²) in [7, 11) is 1.74. The number of para-hydroxylation sites is 1. The van der Waals surface area contributed by atoms with Gasteiger partial charge in [0.2, 0.25) is 0 Å². The third-order valence-corrected chi connectivity index (χ3v) is 5.39. The maximum absolute atomic E-state index is 6.12. The van der Waals surface area contributed by atoms with Crippen molar-refractivity contribution in [2.75, 3.05) is 13.7 Å². The Balaban J connectivity index is 1.83. The number of ether oxygens (including phenoxy) is 2. The lowest BCUT2D eigenvalue weighted by atomic mass is 9.93. The highest BCUT2D eigenvalue weighted by molar-refractivity contribution is 5.85. The Morgan fingerprint density at radius 2 is 1.64 bits per heavy atom. The van der Waals surface area contributed by atoms with Crippen LogP contribution in [0.5, 0.6) is 0 Å². The van der Waals surface area contributed by atoms with E-state index in [1.807, 2.05) is 6.07 Å². The van der Waals surface area contributed by atoms with Crippen LogP contribution in [0.3, 0.4) is 0 Å². The Hall–Kier alpha value is -2.23. The maximum Gasteiger partial charge on any atom is 0.0715 e. The Bertz CT molecular complexity index is 921. The Kier molecular flexibility index (Phi) is 6.82. The smallest absolute Gasteiger partial charge is 0.0715 e. The molecule has 0 N–H and O–H groups in total. The summed E-state index contributed by atoms with van der Waals surface area (Å²) in [5, 5.41) is 1.21. The van der Waals surface area contributed by atoms with Crippen LogP contribution in [0.4, 0.5) is 0 Å². The molecule has 3 heteroatoms. The Morgan fingerprint density at radius 1 is 0.929 bits per heavy atom. The van der Waals surface area contributed by atoms with Crippen molar-refractivity contribution in [3.63, 3.8) is 0 Å². The maximum atomic E-state index is 6.12. The average molecular weight is 378 g/mol. The third-order valence-electron chi connectivity index (χ3n) is 5.39. The lowest BCUT2D eigenvalue weighted by Crippen LogP contribution is -2.19. The van der Waals surface area contributed by atoms with Crippen LogP contribution in [-0.4, -0.2) is 30.9 Å². The van der Waals surface area contributed by atoms with Crippen LogP contribution in [0.25, 0.3) is 22.2 Å². The van der Waals surface area contributed by atoms with Gasteiger partial charge in [-0.15, -0.1) is 0 Å². The van der Waals surface area contributed by atoms with Gasteiger partial charge in [-0.3, -0.25) is 0 Å². The number of benzene rings is 2. The van der Waals surface area contributed by atoms with Crippen molar-refractivity contribution < 1.29 is 9.47 Å². The number of methoxy groups -OCH3 is 1. The topological polar surface area (TPSA) is 31.4 Å². The van der Waals surface area contributed by atoms with Crippen molar-refractivity contribution >= 4 is 10.9 Å². The van der Waals surface area contributed by atoms with E-state index in [0.29, 0.717) is 6.61 Å². The molecule has 0 aliphatic carbocycles. The number of nitrogens with zero attached hydrogens (tertiary/aromatic N) is 1. The summed E-state index contributed by atoms with van der Waals surface area (Å²) in [5.41, 5.74) is 5.78. The second-order valence-electron chi connectivity index (χ2n) is 7.76. The van der Waals surface area contributed by atoms with E-state index in [2.05, 4.69) is 76.2 Å². The van der Waals surface area contributed by atoms with Gasteiger partial charge in [0.05, 0.1) is 30.0 Å². The summed E-state index contributed by atoms with van der Waals surface area (Å²) in [4.78, 5) is 4.94. The number of hydrogen-bond donors (Lipinski definition) is 0. The zero-order chi connectivity index (χ0) is 20.1. The largest absolute Gasteiger partial charge is 0.382 e. The SMILES string of the molecule is COC(C)CC(C)OCC(C)c1ccccc1-c1cc(C)c2ccccc2n1. The van der Waals surface area contributed by atoms with Gasteiger partial charge in [0, 0.05) is 24.0 Å². The van der Waals surface area contributed by atoms with Crippen LogP contribution in [0.15, 0.2) is 54.6 Å². The molecule has 0 fully saturated rings. The van der Waals surface area contributed by atoms with E-state index in [0.717, 1.165) is 17.6 Å². The highest BCUT2D eigenvalue weighted by Crippen LogP contribution is 2.31. The summed E-state index contributed by atoms with van der Waals surface area (Å²) in [5.74, 6) is 0.282. The molecule has 0 radical (unpaired) electrons. The van der Waals surface area contributed by atoms with E-state index in [4.69, 9.17) is 14.5 Å². The second kappa shape index (κ2) is 9.31. The van der Waals surface area contributed by atoms with Crippen molar-refractivity contribution in [2.45, 2.75) is 52.2 Å². The quantitative estimate of drug-likeness (QED) is 0.472. The first-order chi connectivity index (χ1) is 13.5. The standard InChI is InChI=1S/C25H31NO2/c1-17-14-25(26-24-13-9-8-11-22(17)24)23-12-7-6-10-21(23)18(2)16-28-20(4)15-19(3)27-5/h6-14,18-20H,15-16H2,1-5H3. The number of rotatable bonds is 8. The fourth-order valence-electron chi connectivity index (χ4n) is 3.68. The predicted molar refractivity (Wildman–Crippen MR) is 117 cm³/mol. The molecule has 0 saturated carbocycles.